The van der Waals surface area contributed by atoms with Crippen LogP contribution in [0, 0.1) is 11.8 Å². The molecule has 1 aliphatic carbocycles. The van der Waals surface area contributed by atoms with Crippen molar-refractivity contribution in [3.8, 4) is 11.5 Å². The van der Waals surface area contributed by atoms with E-state index >= 15 is 0 Å². The molecule has 0 bridgehead atoms. The summed E-state index contributed by atoms with van der Waals surface area (Å²) in [4.78, 5) is 27.3. The van der Waals surface area contributed by atoms with Crippen LogP contribution in [0.3, 0.4) is 0 Å². The summed E-state index contributed by atoms with van der Waals surface area (Å²) >= 11 is 0. The van der Waals surface area contributed by atoms with Gasteiger partial charge in [0.1, 0.15) is 11.5 Å². The number of carbonyl (C=O) groups is 2. The number of methoxy groups -OCH3 is 2. The molecule has 1 aromatic carbocycles. The third-order valence-corrected chi connectivity index (χ3v) is 5.16. The fourth-order valence-corrected chi connectivity index (χ4v) is 3.67. The van der Waals surface area contributed by atoms with Gasteiger partial charge in [-0.2, -0.15) is 0 Å². The fourth-order valence-electron chi connectivity index (χ4n) is 3.67. The maximum Gasteiger partial charge on any atom is 0.225 e. The van der Waals surface area contributed by atoms with Gasteiger partial charge in [0.2, 0.25) is 11.8 Å². The minimum Gasteiger partial charge on any atom is -0.497 e. The Labute approximate surface area is 154 Å². The second kappa shape index (κ2) is 7.56. The summed E-state index contributed by atoms with van der Waals surface area (Å²) in [5, 5.41) is 3.01. The first-order valence-electron chi connectivity index (χ1n) is 9.25. The minimum absolute atomic E-state index is 0.0130. The first-order chi connectivity index (χ1) is 12.4. The summed E-state index contributed by atoms with van der Waals surface area (Å²) in [7, 11) is 3.24. The van der Waals surface area contributed by atoms with Crippen LogP contribution in [0.25, 0.3) is 0 Å². The Bertz CT molecular complexity index is 684. The molecule has 1 N–H and O–H groups in total. The van der Waals surface area contributed by atoms with Crippen molar-refractivity contribution in [1.82, 2.24) is 10.2 Å². The van der Waals surface area contributed by atoms with E-state index in [1.807, 2.05) is 36.9 Å². The van der Waals surface area contributed by atoms with Crippen molar-refractivity contribution in [1.29, 1.82) is 0 Å². The first-order valence-corrected chi connectivity index (χ1v) is 9.25. The van der Waals surface area contributed by atoms with Crippen LogP contribution in [-0.2, 0) is 9.59 Å². The quantitative estimate of drug-likeness (QED) is 0.844. The molecule has 0 aromatic heterocycles. The van der Waals surface area contributed by atoms with Gasteiger partial charge >= 0.3 is 0 Å². The molecule has 1 saturated heterocycles. The third-order valence-electron chi connectivity index (χ3n) is 5.16. The molecule has 2 atom stereocenters. The van der Waals surface area contributed by atoms with E-state index in [1.165, 1.54) is 0 Å². The maximum absolute atomic E-state index is 12.8. The highest BCUT2D eigenvalue weighted by Crippen LogP contribution is 2.41. The Kier molecular flexibility index (Phi) is 5.39. The van der Waals surface area contributed by atoms with Crippen molar-refractivity contribution in [2.24, 2.45) is 11.8 Å². The lowest BCUT2D eigenvalue weighted by atomic mass is 9.87. The molecule has 2 amide bonds. The van der Waals surface area contributed by atoms with Crippen LogP contribution in [0.2, 0.25) is 0 Å². The summed E-state index contributed by atoms with van der Waals surface area (Å²) in [5.74, 6) is 1.35. The lowest BCUT2D eigenvalue weighted by Crippen LogP contribution is -2.39. The SMILES string of the molecule is COc1ccc(OC)c([C@H]2CN(C(=O)C3CC3)C[C@@H]2C(=O)NC(C)C)c1. The second-order valence-electron chi connectivity index (χ2n) is 7.50. The van der Waals surface area contributed by atoms with Gasteiger partial charge in [-0.05, 0) is 44.9 Å². The highest BCUT2D eigenvalue weighted by molar-refractivity contribution is 5.85. The van der Waals surface area contributed by atoms with Crippen molar-refractivity contribution in [2.75, 3.05) is 27.3 Å². The topological polar surface area (TPSA) is 67.9 Å². The van der Waals surface area contributed by atoms with Crippen LogP contribution in [0.4, 0.5) is 0 Å². The average Bonchev–Trinajstić information content (AvgIpc) is 3.38. The molecule has 142 valence electrons. The molecule has 1 aliphatic heterocycles. The van der Waals surface area contributed by atoms with Crippen molar-refractivity contribution in [2.45, 2.75) is 38.6 Å². The van der Waals surface area contributed by atoms with Crippen molar-refractivity contribution < 1.29 is 19.1 Å². The Morgan fingerprint density at radius 3 is 2.46 bits per heavy atom. The van der Waals surface area contributed by atoms with E-state index in [2.05, 4.69) is 5.32 Å². The molecule has 1 aromatic rings. The van der Waals surface area contributed by atoms with Crippen LogP contribution in [-0.4, -0.2) is 50.1 Å². The van der Waals surface area contributed by atoms with Crippen LogP contribution >= 0.6 is 0 Å². The Hall–Kier alpha value is -2.24. The number of hydrogen-bond acceptors (Lipinski definition) is 4. The van der Waals surface area contributed by atoms with E-state index in [4.69, 9.17) is 9.47 Å². The van der Waals surface area contributed by atoms with E-state index in [0.29, 0.717) is 13.1 Å². The number of nitrogens with one attached hydrogen (secondary N) is 1. The highest BCUT2D eigenvalue weighted by Gasteiger charge is 2.44. The van der Waals surface area contributed by atoms with Crippen molar-refractivity contribution in [3.63, 3.8) is 0 Å². The van der Waals surface area contributed by atoms with Crippen LogP contribution in [0.5, 0.6) is 11.5 Å². The average molecular weight is 360 g/mol. The van der Waals surface area contributed by atoms with E-state index in [0.717, 1.165) is 29.9 Å². The van der Waals surface area contributed by atoms with Crippen LogP contribution < -0.4 is 14.8 Å². The Morgan fingerprint density at radius 1 is 1.15 bits per heavy atom. The predicted molar refractivity (Wildman–Crippen MR) is 98.4 cm³/mol. The first kappa shape index (κ1) is 18.5. The van der Waals surface area contributed by atoms with Crippen LogP contribution in [0.15, 0.2) is 18.2 Å². The molecule has 1 saturated carbocycles. The molecule has 6 nitrogen and oxygen atoms in total. The molecular weight excluding hydrogens is 332 g/mol. The zero-order valence-corrected chi connectivity index (χ0v) is 16.0. The Balaban J connectivity index is 1.92. The Morgan fingerprint density at radius 2 is 1.88 bits per heavy atom. The lowest BCUT2D eigenvalue weighted by molar-refractivity contribution is -0.132. The molecule has 2 aliphatic rings. The van der Waals surface area contributed by atoms with E-state index < -0.39 is 0 Å². The zero-order chi connectivity index (χ0) is 18.8. The largest absolute Gasteiger partial charge is 0.497 e. The summed E-state index contributed by atoms with van der Waals surface area (Å²) in [6, 6.07) is 5.68. The summed E-state index contributed by atoms with van der Waals surface area (Å²) in [6.07, 6.45) is 1.93. The molecule has 6 heteroatoms. The molecule has 3 rings (SSSR count). The van der Waals surface area contributed by atoms with Gasteiger partial charge in [-0.1, -0.05) is 0 Å². The second-order valence-corrected chi connectivity index (χ2v) is 7.50. The van der Waals surface area contributed by atoms with Gasteiger partial charge in [0.15, 0.2) is 0 Å². The number of nitrogens with zero attached hydrogens (tertiary/aromatic N) is 1. The number of rotatable bonds is 6. The molecule has 0 unspecified atom stereocenters. The molecule has 26 heavy (non-hydrogen) atoms. The highest BCUT2D eigenvalue weighted by atomic mass is 16.5. The number of ether oxygens (including phenoxy) is 2. The summed E-state index contributed by atoms with van der Waals surface area (Å²) in [6.45, 7) is 4.89. The number of likely N-dealkylation sites (tertiary alicyclic amines) is 1. The molecule has 2 fully saturated rings. The predicted octanol–water partition coefficient (Wildman–Crippen LogP) is 2.18. The minimum atomic E-state index is -0.291. The van der Waals surface area contributed by atoms with Gasteiger partial charge in [-0.15, -0.1) is 0 Å². The van der Waals surface area contributed by atoms with Gasteiger partial charge in [0.25, 0.3) is 0 Å². The van der Waals surface area contributed by atoms with Crippen molar-refractivity contribution in [3.05, 3.63) is 23.8 Å². The summed E-state index contributed by atoms with van der Waals surface area (Å²) in [5.41, 5.74) is 0.918. The lowest BCUT2D eigenvalue weighted by Gasteiger charge is -2.22. The number of hydrogen-bond donors (Lipinski definition) is 1. The number of benzene rings is 1. The van der Waals surface area contributed by atoms with Gasteiger partial charge in [0.05, 0.1) is 20.1 Å². The van der Waals surface area contributed by atoms with Crippen molar-refractivity contribution >= 4 is 11.8 Å². The summed E-state index contributed by atoms with van der Waals surface area (Å²) < 4.78 is 10.9. The molecule has 1 heterocycles. The van der Waals surface area contributed by atoms with Gasteiger partial charge in [0, 0.05) is 36.5 Å². The monoisotopic (exact) mass is 360 g/mol. The van der Waals surface area contributed by atoms with E-state index in [-0.39, 0.29) is 35.6 Å². The smallest absolute Gasteiger partial charge is 0.225 e. The van der Waals surface area contributed by atoms with Gasteiger partial charge < -0.3 is 19.7 Å². The maximum atomic E-state index is 12.8. The van der Waals surface area contributed by atoms with Gasteiger partial charge in [-0.3, -0.25) is 9.59 Å². The van der Waals surface area contributed by atoms with E-state index in [9.17, 15) is 9.59 Å². The fraction of sp³-hybridized carbons (Fsp3) is 0.600. The zero-order valence-electron chi connectivity index (χ0n) is 16.0. The number of amides is 2. The van der Waals surface area contributed by atoms with E-state index in [1.54, 1.807) is 14.2 Å². The number of carbonyl (C=O) groups excluding carboxylic acids is 2. The molecular formula is C20H28N2O4. The third kappa shape index (κ3) is 3.79. The standard InChI is InChI=1S/C20H28N2O4/c1-12(2)21-19(23)17-11-22(20(24)13-5-6-13)10-16(17)15-9-14(25-3)7-8-18(15)26-4/h7-9,12-13,16-17H,5-6,10-11H2,1-4H3,(H,21,23)/t16-,17+/m1/s1. The molecule has 0 radical (unpaired) electrons. The van der Waals surface area contributed by atoms with Crippen LogP contribution in [0.1, 0.15) is 38.2 Å². The normalized spacial score (nSPS) is 22.4. The van der Waals surface area contributed by atoms with Gasteiger partial charge in [-0.25, -0.2) is 0 Å². The molecule has 0 spiro atoms.